The van der Waals surface area contributed by atoms with Gasteiger partial charge in [0.25, 0.3) is 5.96 Å². The molecule has 7 nitrogen and oxygen atoms in total. The summed E-state index contributed by atoms with van der Waals surface area (Å²) in [5.41, 5.74) is 9.10. The van der Waals surface area contributed by atoms with Crippen LogP contribution in [0.5, 0.6) is 0 Å². The zero-order valence-electron chi connectivity index (χ0n) is 12.7. The number of aryl methyl sites for hydroxylation is 1. The molecule has 0 aliphatic rings. The smallest absolute Gasteiger partial charge is 0.358 e. The van der Waals surface area contributed by atoms with E-state index in [4.69, 9.17) is 5.73 Å². The van der Waals surface area contributed by atoms with Gasteiger partial charge in [-0.15, -0.1) is 0 Å². The first-order valence-corrected chi connectivity index (χ1v) is 8.16. The summed E-state index contributed by atoms with van der Waals surface area (Å²) in [6.07, 6.45) is 1.29. The molecule has 0 aliphatic heterocycles. The zero-order valence-corrected chi connectivity index (χ0v) is 13.5. The molecule has 0 radical (unpaired) electrons. The topological polar surface area (TPSA) is 106 Å². The van der Waals surface area contributed by atoms with Gasteiger partial charge in [0.1, 0.15) is 10.7 Å². The number of hydrogen-bond acceptors (Lipinski definition) is 5. The van der Waals surface area contributed by atoms with Crippen molar-refractivity contribution >= 4 is 22.3 Å². The summed E-state index contributed by atoms with van der Waals surface area (Å²) in [4.78, 5) is -0.0482. The standard InChI is InChI=1S/C15H15FN4O3S/c1-11-5-7-14(8-6-11)24(21,22)23-20-15(17)19-18-10-12-3-2-4-13(16)9-12/h2-10H,1H3,(H3,17,19,20). The Morgan fingerprint density at radius 2 is 1.96 bits per heavy atom. The number of hydrogen-bond donors (Lipinski definition) is 2. The quantitative estimate of drug-likeness (QED) is 0.485. The van der Waals surface area contributed by atoms with Crippen LogP contribution in [0.15, 0.2) is 63.7 Å². The summed E-state index contributed by atoms with van der Waals surface area (Å²) in [6.45, 7) is 1.83. The van der Waals surface area contributed by atoms with E-state index in [0.29, 0.717) is 5.56 Å². The molecule has 2 aromatic carbocycles. The molecule has 0 aliphatic carbocycles. The van der Waals surface area contributed by atoms with Gasteiger partial charge in [-0.1, -0.05) is 29.8 Å². The van der Waals surface area contributed by atoms with E-state index < -0.39 is 15.9 Å². The molecule has 126 valence electrons. The minimum absolute atomic E-state index is 0.0482. The molecule has 0 aromatic heterocycles. The average Bonchev–Trinajstić information content (AvgIpc) is 2.54. The Bertz CT molecular complexity index is 865. The van der Waals surface area contributed by atoms with Crippen molar-refractivity contribution in [1.82, 2.24) is 5.43 Å². The summed E-state index contributed by atoms with van der Waals surface area (Å²) in [6, 6.07) is 11.8. The summed E-state index contributed by atoms with van der Waals surface area (Å²) >= 11 is 0. The van der Waals surface area contributed by atoms with Crippen molar-refractivity contribution in [2.24, 2.45) is 16.0 Å². The number of benzene rings is 2. The normalized spacial score (nSPS) is 12.3. The summed E-state index contributed by atoms with van der Waals surface area (Å²) < 4.78 is 41.2. The first kappa shape index (κ1) is 17.4. The fourth-order valence-corrected chi connectivity index (χ4v) is 2.35. The van der Waals surface area contributed by atoms with E-state index in [1.165, 1.54) is 36.5 Å². The van der Waals surface area contributed by atoms with Gasteiger partial charge in [-0.3, -0.25) is 4.28 Å². The predicted molar refractivity (Wildman–Crippen MR) is 88.2 cm³/mol. The lowest BCUT2D eigenvalue weighted by molar-refractivity contribution is 0.336. The van der Waals surface area contributed by atoms with Crippen LogP contribution in [0.1, 0.15) is 11.1 Å². The maximum absolute atomic E-state index is 13.0. The summed E-state index contributed by atoms with van der Waals surface area (Å²) in [7, 11) is -4.06. The Morgan fingerprint density at radius 3 is 2.62 bits per heavy atom. The van der Waals surface area contributed by atoms with Crippen LogP contribution in [0.25, 0.3) is 0 Å². The van der Waals surface area contributed by atoms with E-state index in [0.717, 1.165) is 5.56 Å². The van der Waals surface area contributed by atoms with Crippen LogP contribution in [0, 0.1) is 12.7 Å². The third-order valence-corrected chi connectivity index (χ3v) is 3.91. The highest BCUT2D eigenvalue weighted by Crippen LogP contribution is 2.13. The predicted octanol–water partition coefficient (Wildman–Crippen LogP) is 1.69. The van der Waals surface area contributed by atoms with Crippen molar-refractivity contribution in [3.63, 3.8) is 0 Å². The molecule has 0 spiro atoms. The molecule has 24 heavy (non-hydrogen) atoms. The Balaban J connectivity index is 1.97. The Labute approximate surface area is 138 Å². The molecule has 0 unspecified atom stereocenters. The number of nitrogens with zero attached hydrogens (tertiary/aromatic N) is 2. The molecular weight excluding hydrogens is 335 g/mol. The van der Waals surface area contributed by atoms with Crippen LogP contribution < -0.4 is 11.2 Å². The van der Waals surface area contributed by atoms with E-state index in [1.54, 1.807) is 18.2 Å². The number of nitrogens with one attached hydrogen (secondary N) is 1. The largest absolute Gasteiger partial charge is 0.366 e. The fourth-order valence-electron chi connectivity index (χ4n) is 1.62. The lowest BCUT2D eigenvalue weighted by atomic mass is 10.2. The fraction of sp³-hybridized carbons (Fsp3) is 0.0667. The molecular formula is C15H15FN4O3S. The van der Waals surface area contributed by atoms with E-state index >= 15 is 0 Å². The molecule has 0 saturated heterocycles. The van der Waals surface area contributed by atoms with Gasteiger partial charge < -0.3 is 5.73 Å². The van der Waals surface area contributed by atoms with E-state index in [1.807, 2.05) is 6.92 Å². The maximum Gasteiger partial charge on any atom is 0.358 e. The SMILES string of the molecule is Cc1ccc(S(=O)(=O)ON=C(N)NN=Cc2cccc(F)c2)cc1. The van der Waals surface area contributed by atoms with Gasteiger partial charge in [-0.2, -0.15) is 13.5 Å². The highest BCUT2D eigenvalue weighted by atomic mass is 32.2. The van der Waals surface area contributed by atoms with Gasteiger partial charge in [0.05, 0.1) is 6.21 Å². The van der Waals surface area contributed by atoms with Crippen molar-refractivity contribution in [3.8, 4) is 0 Å². The Kier molecular flexibility index (Phi) is 5.48. The van der Waals surface area contributed by atoms with Crippen molar-refractivity contribution < 1.29 is 17.1 Å². The van der Waals surface area contributed by atoms with Crippen LogP contribution in [0.3, 0.4) is 0 Å². The first-order valence-electron chi connectivity index (χ1n) is 6.75. The zero-order chi connectivity index (χ0) is 17.6. The van der Waals surface area contributed by atoms with Crippen molar-refractivity contribution in [2.45, 2.75) is 11.8 Å². The number of nitrogens with two attached hydrogens (primary N) is 1. The van der Waals surface area contributed by atoms with E-state index in [9.17, 15) is 12.8 Å². The molecule has 0 saturated carbocycles. The number of hydrazone groups is 1. The molecule has 0 fully saturated rings. The minimum atomic E-state index is -4.06. The van der Waals surface area contributed by atoms with Crippen LogP contribution in [-0.2, 0) is 14.4 Å². The van der Waals surface area contributed by atoms with Gasteiger partial charge in [-0.05, 0) is 41.9 Å². The maximum atomic E-state index is 13.0. The number of halogens is 1. The van der Waals surface area contributed by atoms with Gasteiger partial charge in [-0.25, -0.2) is 9.82 Å². The highest BCUT2D eigenvalue weighted by molar-refractivity contribution is 7.86. The second-order valence-corrected chi connectivity index (χ2v) is 6.27. The van der Waals surface area contributed by atoms with Crippen LogP contribution in [0.2, 0.25) is 0 Å². The van der Waals surface area contributed by atoms with E-state index in [2.05, 4.69) is 20.0 Å². The molecule has 0 heterocycles. The van der Waals surface area contributed by atoms with Gasteiger partial charge in [0.2, 0.25) is 0 Å². The van der Waals surface area contributed by atoms with Crippen LogP contribution in [-0.4, -0.2) is 20.6 Å². The van der Waals surface area contributed by atoms with Gasteiger partial charge >= 0.3 is 10.1 Å². The average molecular weight is 350 g/mol. The van der Waals surface area contributed by atoms with Gasteiger partial charge in [0, 0.05) is 0 Å². The summed E-state index contributed by atoms with van der Waals surface area (Å²) in [5, 5.41) is 6.95. The van der Waals surface area contributed by atoms with Crippen molar-refractivity contribution in [1.29, 1.82) is 0 Å². The highest BCUT2D eigenvalue weighted by Gasteiger charge is 2.15. The van der Waals surface area contributed by atoms with E-state index in [-0.39, 0.29) is 10.9 Å². The molecule has 2 rings (SSSR count). The molecule has 3 N–H and O–H groups in total. The van der Waals surface area contributed by atoms with Crippen molar-refractivity contribution in [2.75, 3.05) is 0 Å². The third kappa shape index (κ3) is 5.06. The molecule has 9 heteroatoms. The third-order valence-electron chi connectivity index (χ3n) is 2.78. The van der Waals surface area contributed by atoms with Crippen LogP contribution >= 0.6 is 0 Å². The molecule has 2 aromatic rings. The monoisotopic (exact) mass is 350 g/mol. The lowest BCUT2D eigenvalue weighted by Crippen LogP contribution is -2.28. The Hall–Kier alpha value is -2.94. The second kappa shape index (κ2) is 7.55. The number of guanidine groups is 1. The number of oxime groups is 1. The Morgan fingerprint density at radius 1 is 1.25 bits per heavy atom. The summed E-state index contributed by atoms with van der Waals surface area (Å²) in [5.74, 6) is -0.786. The molecule has 0 amide bonds. The first-order chi connectivity index (χ1) is 11.4. The van der Waals surface area contributed by atoms with Gasteiger partial charge in [0.15, 0.2) is 0 Å². The minimum Gasteiger partial charge on any atom is -0.366 e. The molecule has 0 atom stereocenters. The second-order valence-electron chi connectivity index (χ2n) is 4.74. The lowest BCUT2D eigenvalue weighted by Gasteiger charge is -2.03. The van der Waals surface area contributed by atoms with Crippen LogP contribution in [0.4, 0.5) is 4.39 Å². The van der Waals surface area contributed by atoms with Crippen molar-refractivity contribution in [3.05, 3.63) is 65.5 Å². The number of rotatable bonds is 5. The molecule has 0 bridgehead atoms.